The molecule has 0 aromatic heterocycles. The topological polar surface area (TPSA) is 38.5 Å². The van der Waals surface area contributed by atoms with Crippen molar-refractivity contribution in [3.05, 3.63) is 0 Å². The number of ether oxygens (including phenoxy) is 1. The molecule has 11 heavy (non-hydrogen) atoms. The van der Waals surface area contributed by atoms with Crippen LogP contribution in [0.25, 0.3) is 0 Å². The second-order valence-electron chi connectivity index (χ2n) is 3.49. The molecule has 2 aliphatic rings. The number of halogens is 1. The van der Waals surface area contributed by atoms with E-state index in [1.165, 1.54) is 13.1 Å². The number of nitrogens with two attached hydrogens (primary N) is 1. The highest BCUT2D eigenvalue weighted by Gasteiger charge is 2.48. The second-order valence-corrected chi connectivity index (χ2v) is 3.49. The summed E-state index contributed by atoms with van der Waals surface area (Å²) in [5.74, 6) is 0. The number of nitrogens with zero attached hydrogens (tertiary/aromatic N) is 1. The lowest BCUT2D eigenvalue weighted by atomic mass is 9.78. The molecule has 2 N–H and O–H groups in total. The minimum Gasteiger partial charge on any atom is -0.380 e. The van der Waals surface area contributed by atoms with E-state index in [-0.39, 0.29) is 12.4 Å². The van der Waals surface area contributed by atoms with E-state index in [0.29, 0.717) is 5.41 Å². The Balaban J connectivity index is 0.000000605. The number of hydrogen-bond donors (Lipinski definition) is 1. The molecule has 0 saturated carbocycles. The van der Waals surface area contributed by atoms with Gasteiger partial charge < -0.3 is 15.4 Å². The Morgan fingerprint density at radius 1 is 1.36 bits per heavy atom. The average molecular weight is 179 g/mol. The summed E-state index contributed by atoms with van der Waals surface area (Å²) in [5, 5.41) is 0. The first-order valence-electron chi connectivity index (χ1n) is 3.85. The molecule has 66 valence electrons. The lowest BCUT2D eigenvalue weighted by Crippen LogP contribution is -2.66. The normalized spacial score (nSPS) is 27.0. The van der Waals surface area contributed by atoms with Gasteiger partial charge in [0.15, 0.2) is 0 Å². The van der Waals surface area contributed by atoms with Crippen molar-refractivity contribution < 1.29 is 4.74 Å². The number of rotatable bonds is 2. The molecular formula is C7H15ClN2O. The molecule has 0 aliphatic carbocycles. The largest absolute Gasteiger partial charge is 0.380 e. The van der Waals surface area contributed by atoms with E-state index in [0.717, 1.165) is 26.3 Å². The molecule has 0 aromatic rings. The molecular weight excluding hydrogens is 164 g/mol. The number of hydrogen-bond acceptors (Lipinski definition) is 3. The standard InChI is InChI=1S/C7H14N2O.ClH/c8-1-2-9-3-7(4-9)5-10-6-7;/h1-6,8H2;1H. The Bertz CT molecular complexity index is 130. The summed E-state index contributed by atoms with van der Waals surface area (Å²) in [6.07, 6.45) is 0. The Kier molecular flexibility index (Phi) is 2.75. The molecule has 2 fully saturated rings. The van der Waals surface area contributed by atoms with Gasteiger partial charge >= 0.3 is 0 Å². The predicted molar refractivity (Wildman–Crippen MR) is 46.0 cm³/mol. The molecule has 0 bridgehead atoms. The van der Waals surface area contributed by atoms with E-state index in [2.05, 4.69) is 4.90 Å². The zero-order chi connectivity index (χ0) is 7.03. The van der Waals surface area contributed by atoms with Gasteiger partial charge in [-0.05, 0) is 0 Å². The third kappa shape index (κ3) is 1.51. The van der Waals surface area contributed by atoms with Crippen molar-refractivity contribution >= 4 is 12.4 Å². The van der Waals surface area contributed by atoms with Gasteiger partial charge in [-0.25, -0.2) is 0 Å². The lowest BCUT2D eigenvalue weighted by Gasteiger charge is -2.55. The third-order valence-electron chi connectivity index (χ3n) is 2.38. The van der Waals surface area contributed by atoms with Crippen molar-refractivity contribution in [2.24, 2.45) is 11.1 Å². The molecule has 0 aromatic carbocycles. The maximum absolute atomic E-state index is 5.41. The first-order valence-corrected chi connectivity index (χ1v) is 3.85. The SMILES string of the molecule is Cl.NCCN1CC2(COC2)C1. The highest BCUT2D eigenvalue weighted by molar-refractivity contribution is 5.85. The van der Waals surface area contributed by atoms with Crippen LogP contribution in [0.1, 0.15) is 0 Å². The van der Waals surface area contributed by atoms with E-state index in [9.17, 15) is 0 Å². The van der Waals surface area contributed by atoms with Crippen molar-refractivity contribution in [2.75, 3.05) is 39.4 Å². The Hall–Kier alpha value is 0.170. The summed E-state index contributed by atoms with van der Waals surface area (Å²) in [5.41, 5.74) is 5.98. The first-order chi connectivity index (χ1) is 4.85. The molecule has 2 aliphatic heterocycles. The molecule has 2 saturated heterocycles. The lowest BCUT2D eigenvalue weighted by molar-refractivity contribution is -0.187. The van der Waals surface area contributed by atoms with Gasteiger partial charge in [0.2, 0.25) is 0 Å². The van der Waals surface area contributed by atoms with Gasteiger partial charge in [-0.2, -0.15) is 0 Å². The van der Waals surface area contributed by atoms with Gasteiger partial charge in [0.25, 0.3) is 0 Å². The van der Waals surface area contributed by atoms with Crippen molar-refractivity contribution in [2.45, 2.75) is 0 Å². The zero-order valence-electron chi connectivity index (χ0n) is 6.58. The van der Waals surface area contributed by atoms with Crippen LogP contribution in [-0.4, -0.2) is 44.3 Å². The van der Waals surface area contributed by atoms with Crippen molar-refractivity contribution in [3.63, 3.8) is 0 Å². The highest BCUT2D eigenvalue weighted by atomic mass is 35.5. The van der Waals surface area contributed by atoms with Crippen LogP contribution in [0.2, 0.25) is 0 Å². The monoisotopic (exact) mass is 178 g/mol. The Morgan fingerprint density at radius 2 is 2.00 bits per heavy atom. The maximum Gasteiger partial charge on any atom is 0.0569 e. The van der Waals surface area contributed by atoms with Crippen molar-refractivity contribution in [3.8, 4) is 0 Å². The molecule has 0 atom stereocenters. The van der Waals surface area contributed by atoms with Gasteiger partial charge in [0.1, 0.15) is 0 Å². The summed E-state index contributed by atoms with van der Waals surface area (Å²) < 4.78 is 5.15. The van der Waals surface area contributed by atoms with Gasteiger partial charge in [-0.3, -0.25) is 0 Å². The predicted octanol–water partition coefficient (Wildman–Crippen LogP) is -0.301. The van der Waals surface area contributed by atoms with Gasteiger partial charge in [0, 0.05) is 31.6 Å². The molecule has 4 heteroatoms. The van der Waals surface area contributed by atoms with E-state index < -0.39 is 0 Å². The fourth-order valence-corrected chi connectivity index (χ4v) is 1.82. The number of likely N-dealkylation sites (tertiary alicyclic amines) is 1. The van der Waals surface area contributed by atoms with Crippen LogP contribution in [0.4, 0.5) is 0 Å². The fraction of sp³-hybridized carbons (Fsp3) is 1.00. The molecule has 1 spiro atoms. The van der Waals surface area contributed by atoms with Gasteiger partial charge in [-0.15, -0.1) is 12.4 Å². The summed E-state index contributed by atoms with van der Waals surface area (Å²) >= 11 is 0. The summed E-state index contributed by atoms with van der Waals surface area (Å²) in [6.45, 7) is 6.23. The van der Waals surface area contributed by atoms with Crippen LogP contribution < -0.4 is 5.73 Å². The first kappa shape index (κ1) is 9.26. The van der Waals surface area contributed by atoms with E-state index in [1.807, 2.05) is 0 Å². The molecule has 2 rings (SSSR count). The van der Waals surface area contributed by atoms with E-state index in [1.54, 1.807) is 0 Å². The minimum atomic E-state index is 0. The molecule has 0 radical (unpaired) electrons. The Morgan fingerprint density at radius 3 is 2.36 bits per heavy atom. The zero-order valence-corrected chi connectivity index (χ0v) is 7.40. The molecule has 0 amide bonds. The van der Waals surface area contributed by atoms with Gasteiger partial charge in [-0.1, -0.05) is 0 Å². The van der Waals surface area contributed by atoms with Crippen molar-refractivity contribution in [1.29, 1.82) is 0 Å². The molecule has 3 nitrogen and oxygen atoms in total. The molecule has 0 unspecified atom stereocenters. The van der Waals surface area contributed by atoms with Crippen molar-refractivity contribution in [1.82, 2.24) is 4.90 Å². The van der Waals surface area contributed by atoms with E-state index in [4.69, 9.17) is 10.5 Å². The van der Waals surface area contributed by atoms with Crippen LogP contribution >= 0.6 is 12.4 Å². The van der Waals surface area contributed by atoms with Crippen LogP contribution in [0.15, 0.2) is 0 Å². The summed E-state index contributed by atoms with van der Waals surface area (Å²) in [4.78, 5) is 2.39. The second kappa shape index (κ2) is 3.27. The van der Waals surface area contributed by atoms with Crippen LogP contribution in [0.5, 0.6) is 0 Å². The summed E-state index contributed by atoms with van der Waals surface area (Å²) in [7, 11) is 0. The van der Waals surface area contributed by atoms with Crippen LogP contribution in [0.3, 0.4) is 0 Å². The van der Waals surface area contributed by atoms with Gasteiger partial charge in [0.05, 0.1) is 13.2 Å². The summed E-state index contributed by atoms with van der Waals surface area (Å²) in [6, 6.07) is 0. The third-order valence-corrected chi connectivity index (χ3v) is 2.38. The van der Waals surface area contributed by atoms with E-state index >= 15 is 0 Å². The Labute approximate surface area is 73.3 Å². The van der Waals surface area contributed by atoms with Crippen LogP contribution in [-0.2, 0) is 4.74 Å². The maximum atomic E-state index is 5.41. The quantitative estimate of drug-likeness (QED) is 0.631. The average Bonchev–Trinajstić information content (AvgIpc) is 1.72. The molecule has 2 heterocycles. The fourth-order valence-electron chi connectivity index (χ4n) is 1.82. The minimum absolute atomic E-state index is 0. The highest BCUT2D eigenvalue weighted by Crippen LogP contribution is 2.36. The smallest absolute Gasteiger partial charge is 0.0569 e. The van der Waals surface area contributed by atoms with Crippen LogP contribution in [0, 0.1) is 5.41 Å².